The van der Waals surface area contributed by atoms with Crippen LogP contribution in [0.2, 0.25) is 5.02 Å². The van der Waals surface area contributed by atoms with E-state index in [9.17, 15) is 9.59 Å². The number of hydrogen-bond acceptors (Lipinski definition) is 2. The third-order valence-electron chi connectivity index (χ3n) is 3.74. The zero-order chi connectivity index (χ0) is 15.4. The Kier molecular flexibility index (Phi) is 5.65. The molecule has 1 atom stereocenters. The first-order valence-corrected chi connectivity index (χ1v) is 8.10. The fraction of sp³-hybridized carbons (Fsp3) is 0.467. The lowest BCUT2D eigenvalue weighted by atomic mass is 9.93. The number of piperidine rings is 1. The van der Waals surface area contributed by atoms with Crippen LogP contribution in [-0.2, 0) is 4.79 Å². The van der Waals surface area contributed by atoms with E-state index in [-0.39, 0.29) is 18.2 Å². The molecule has 1 amide bonds. The standard InChI is InChI=1S/C15H17BrClNO3/c16-12-8-11(4-5-13(12)17)15(21)18-7-1-2-10(9-18)3-6-14(19)20/h4-5,8,10H,1-3,6-7,9H2,(H,19,20). The summed E-state index contributed by atoms with van der Waals surface area (Å²) >= 11 is 9.26. The van der Waals surface area contributed by atoms with E-state index in [2.05, 4.69) is 15.9 Å². The van der Waals surface area contributed by atoms with E-state index in [1.807, 2.05) is 4.90 Å². The number of hydrogen-bond donors (Lipinski definition) is 1. The Bertz CT molecular complexity index is 550. The largest absolute Gasteiger partial charge is 0.481 e. The van der Waals surface area contributed by atoms with Crippen molar-refractivity contribution in [1.82, 2.24) is 4.90 Å². The molecule has 0 spiro atoms. The third-order valence-corrected chi connectivity index (χ3v) is 4.95. The van der Waals surface area contributed by atoms with Crippen molar-refractivity contribution in [3.8, 4) is 0 Å². The van der Waals surface area contributed by atoms with Crippen LogP contribution in [0.4, 0.5) is 0 Å². The fourth-order valence-electron chi connectivity index (χ4n) is 2.62. The van der Waals surface area contributed by atoms with Crippen molar-refractivity contribution in [2.24, 2.45) is 5.92 Å². The minimum absolute atomic E-state index is 0.0209. The Hall–Kier alpha value is -1.07. The molecule has 114 valence electrons. The van der Waals surface area contributed by atoms with Crippen LogP contribution in [0.5, 0.6) is 0 Å². The number of carbonyl (C=O) groups excluding carboxylic acids is 1. The van der Waals surface area contributed by atoms with Crippen LogP contribution < -0.4 is 0 Å². The highest BCUT2D eigenvalue weighted by molar-refractivity contribution is 9.10. The lowest BCUT2D eigenvalue weighted by Crippen LogP contribution is -2.40. The number of halogens is 2. The lowest BCUT2D eigenvalue weighted by molar-refractivity contribution is -0.137. The zero-order valence-electron chi connectivity index (χ0n) is 11.5. The van der Waals surface area contributed by atoms with Crippen molar-refractivity contribution in [3.05, 3.63) is 33.3 Å². The van der Waals surface area contributed by atoms with Gasteiger partial charge < -0.3 is 10.0 Å². The maximum atomic E-state index is 12.5. The van der Waals surface area contributed by atoms with Gasteiger partial charge in [-0.3, -0.25) is 9.59 Å². The summed E-state index contributed by atoms with van der Waals surface area (Å²) in [7, 11) is 0. The molecule has 1 unspecified atom stereocenters. The van der Waals surface area contributed by atoms with Gasteiger partial charge in [0.25, 0.3) is 5.91 Å². The van der Waals surface area contributed by atoms with Crippen LogP contribution in [-0.4, -0.2) is 35.0 Å². The second-order valence-corrected chi connectivity index (χ2v) is 6.58. The smallest absolute Gasteiger partial charge is 0.303 e. The van der Waals surface area contributed by atoms with Gasteiger partial charge in [-0.1, -0.05) is 11.6 Å². The minimum atomic E-state index is -0.778. The van der Waals surface area contributed by atoms with Gasteiger partial charge in [-0.2, -0.15) is 0 Å². The van der Waals surface area contributed by atoms with Gasteiger partial charge in [0.2, 0.25) is 0 Å². The molecule has 1 N–H and O–H groups in total. The molecule has 2 rings (SSSR count). The first-order valence-electron chi connectivity index (χ1n) is 6.93. The predicted octanol–water partition coefficient (Wildman–Crippen LogP) is 3.82. The molecule has 1 aromatic rings. The summed E-state index contributed by atoms with van der Waals surface area (Å²) < 4.78 is 0.703. The van der Waals surface area contributed by atoms with Crippen molar-refractivity contribution in [2.45, 2.75) is 25.7 Å². The number of carboxylic acids is 1. The summed E-state index contributed by atoms with van der Waals surface area (Å²) in [5.74, 6) is -0.526. The van der Waals surface area contributed by atoms with Gasteiger partial charge >= 0.3 is 5.97 Å². The van der Waals surface area contributed by atoms with Crippen LogP contribution in [0.1, 0.15) is 36.0 Å². The first kappa shape index (κ1) is 16.3. The minimum Gasteiger partial charge on any atom is -0.481 e. The van der Waals surface area contributed by atoms with Gasteiger partial charge in [-0.25, -0.2) is 0 Å². The molecule has 1 aromatic carbocycles. The Labute approximate surface area is 137 Å². The molecule has 6 heteroatoms. The van der Waals surface area contributed by atoms with Crippen molar-refractivity contribution in [2.75, 3.05) is 13.1 Å². The summed E-state index contributed by atoms with van der Waals surface area (Å²) in [6, 6.07) is 5.15. The maximum Gasteiger partial charge on any atom is 0.303 e. The van der Waals surface area contributed by atoms with Crippen LogP contribution in [0, 0.1) is 5.92 Å². The van der Waals surface area contributed by atoms with Gasteiger partial charge in [0.15, 0.2) is 0 Å². The quantitative estimate of drug-likeness (QED) is 0.871. The van der Waals surface area contributed by atoms with E-state index in [1.165, 1.54) is 0 Å². The molecular formula is C15H17BrClNO3. The van der Waals surface area contributed by atoms with Gasteiger partial charge in [0.1, 0.15) is 0 Å². The number of likely N-dealkylation sites (tertiary alicyclic amines) is 1. The lowest BCUT2D eigenvalue weighted by Gasteiger charge is -2.32. The molecule has 0 saturated carbocycles. The highest BCUT2D eigenvalue weighted by Crippen LogP contribution is 2.26. The molecular weight excluding hydrogens is 358 g/mol. The summed E-state index contributed by atoms with van der Waals surface area (Å²) in [6.07, 6.45) is 2.70. The van der Waals surface area contributed by atoms with Gasteiger partial charge in [-0.05, 0) is 59.3 Å². The normalized spacial score (nSPS) is 18.6. The predicted molar refractivity (Wildman–Crippen MR) is 84.6 cm³/mol. The molecule has 4 nitrogen and oxygen atoms in total. The summed E-state index contributed by atoms with van der Waals surface area (Å²) in [4.78, 5) is 25.0. The van der Waals surface area contributed by atoms with E-state index in [4.69, 9.17) is 16.7 Å². The van der Waals surface area contributed by atoms with Crippen LogP contribution in [0.15, 0.2) is 22.7 Å². The molecule has 0 aliphatic carbocycles. The molecule has 1 fully saturated rings. The van der Waals surface area contributed by atoms with Crippen molar-refractivity contribution >= 4 is 39.4 Å². The number of carbonyl (C=O) groups is 2. The second-order valence-electron chi connectivity index (χ2n) is 5.32. The fourth-order valence-corrected chi connectivity index (χ4v) is 3.12. The average Bonchev–Trinajstić information content (AvgIpc) is 2.47. The van der Waals surface area contributed by atoms with E-state index >= 15 is 0 Å². The van der Waals surface area contributed by atoms with E-state index < -0.39 is 5.97 Å². The maximum absolute atomic E-state index is 12.5. The number of aliphatic carboxylic acids is 1. The van der Waals surface area contributed by atoms with Crippen LogP contribution in [0.3, 0.4) is 0 Å². The monoisotopic (exact) mass is 373 g/mol. The summed E-state index contributed by atoms with van der Waals surface area (Å²) in [5.41, 5.74) is 0.602. The number of nitrogens with zero attached hydrogens (tertiary/aromatic N) is 1. The summed E-state index contributed by atoms with van der Waals surface area (Å²) in [5, 5.41) is 9.33. The number of benzene rings is 1. The van der Waals surface area contributed by atoms with Gasteiger partial charge in [-0.15, -0.1) is 0 Å². The molecule has 1 aliphatic rings. The van der Waals surface area contributed by atoms with Crippen molar-refractivity contribution < 1.29 is 14.7 Å². The Morgan fingerprint density at radius 1 is 1.43 bits per heavy atom. The van der Waals surface area contributed by atoms with E-state index in [0.717, 1.165) is 19.4 Å². The van der Waals surface area contributed by atoms with Crippen molar-refractivity contribution in [1.29, 1.82) is 0 Å². The zero-order valence-corrected chi connectivity index (χ0v) is 13.9. The van der Waals surface area contributed by atoms with Crippen LogP contribution >= 0.6 is 27.5 Å². The molecule has 1 aliphatic heterocycles. The number of carboxylic acid groups (broad SMARTS) is 1. The number of amides is 1. The first-order chi connectivity index (χ1) is 9.97. The molecule has 21 heavy (non-hydrogen) atoms. The SMILES string of the molecule is O=C(O)CCC1CCCN(C(=O)c2ccc(Cl)c(Br)c2)C1. The Balaban J connectivity index is 2.01. The highest BCUT2D eigenvalue weighted by atomic mass is 79.9. The molecule has 0 radical (unpaired) electrons. The van der Waals surface area contributed by atoms with E-state index in [0.29, 0.717) is 28.0 Å². The highest BCUT2D eigenvalue weighted by Gasteiger charge is 2.25. The molecule has 0 bridgehead atoms. The molecule has 0 aromatic heterocycles. The Morgan fingerprint density at radius 3 is 2.86 bits per heavy atom. The van der Waals surface area contributed by atoms with Crippen molar-refractivity contribution in [3.63, 3.8) is 0 Å². The average molecular weight is 375 g/mol. The number of rotatable bonds is 4. The van der Waals surface area contributed by atoms with E-state index in [1.54, 1.807) is 18.2 Å². The third kappa shape index (κ3) is 4.45. The molecule has 1 saturated heterocycles. The summed E-state index contributed by atoms with van der Waals surface area (Å²) in [6.45, 7) is 1.36. The molecule has 1 heterocycles. The van der Waals surface area contributed by atoms with Crippen LogP contribution in [0.25, 0.3) is 0 Å². The second kappa shape index (κ2) is 7.27. The van der Waals surface area contributed by atoms with Gasteiger partial charge in [0.05, 0.1) is 5.02 Å². The topological polar surface area (TPSA) is 57.6 Å². The van der Waals surface area contributed by atoms with Gasteiger partial charge in [0, 0.05) is 29.5 Å². The Morgan fingerprint density at radius 2 is 2.19 bits per heavy atom.